The Balaban J connectivity index is 1.72. The Labute approximate surface area is 181 Å². The summed E-state index contributed by atoms with van der Waals surface area (Å²) in [4.78, 5) is 25.8. The second-order valence-corrected chi connectivity index (χ2v) is 8.09. The Hall–Kier alpha value is -3.28. The Morgan fingerprint density at radius 2 is 1.61 bits per heavy atom. The molecule has 0 radical (unpaired) electrons. The van der Waals surface area contributed by atoms with Crippen LogP contribution in [-0.4, -0.2) is 31.0 Å². The van der Waals surface area contributed by atoms with Crippen LogP contribution in [0.25, 0.3) is 0 Å². The number of ether oxygens (including phenoxy) is 2. The Bertz CT molecular complexity index is 1030. The number of phenolic OH excluding ortho intramolecular Hbond substituents is 1. The third-order valence-electron chi connectivity index (χ3n) is 6.30. The van der Waals surface area contributed by atoms with Crippen molar-refractivity contribution < 1.29 is 24.2 Å². The minimum Gasteiger partial charge on any atom is -0.502 e. The first-order valence-electron chi connectivity index (χ1n) is 10.5. The van der Waals surface area contributed by atoms with Crippen molar-refractivity contribution in [2.45, 2.75) is 44.4 Å². The van der Waals surface area contributed by atoms with Gasteiger partial charge in [-0.05, 0) is 47.6 Å². The van der Waals surface area contributed by atoms with Gasteiger partial charge in [0.05, 0.1) is 14.2 Å². The van der Waals surface area contributed by atoms with Crippen molar-refractivity contribution in [2.24, 2.45) is 0 Å². The first-order valence-corrected chi connectivity index (χ1v) is 10.5. The second-order valence-electron chi connectivity index (χ2n) is 8.09. The van der Waals surface area contributed by atoms with E-state index in [-0.39, 0.29) is 41.3 Å². The molecular formula is C25H27NO5. The molecule has 2 unspecified atom stereocenters. The number of nitrogens with one attached hydrogen (secondary N) is 1. The van der Waals surface area contributed by atoms with Crippen LogP contribution < -0.4 is 14.8 Å². The zero-order chi connectivity index (χ0) is 22.1. The van der Waals surface area contributed by atoms with Crippen LogP contribution in [-0.2, 0) is 16.0 Å². The monoisotopic (exact) mass is 421 g/mol. The van der Waals surface area contributed by atoms with Gasteiger partial charge in [-0.1, -0.05) is 31.2 Å². The number of amides is 1. The van der Waals surface area contributed by atoms with Crippen LogP contribution in [0.15, 0.2) is 47.7 Å². The molecule has 1 amide bonds. The lowest BCUT2D eigenvalue weighted by molar-refractivity contribution is -0.122. The number of allylic oxidation sites excluding steroid dienone is 2. The van der Waals surface area contributed by atoms with Crippen LogP contribution in [0.3, 0.4) is 0 Å². The highest BCUT2D eigenvalue weighted by atomic mass is 16.5. The summed E-state index contributed by atoms with van der Waals surface area (Å²) in [5.74, 6) is -0.0393. The van der Waals surface area contributed by atoms with E-state index >= 15 is 0 Å². The molecule has 2 aliphatic rings. The van der Waals surface area contributed by atoms with E-state index in [0.29, 0.717) is 29.7 Å². The van der Waals surface area contributed by atoms with E-state index in [0.717, 1.165) is 12.0 Å². The highest BCUT2D eigenvalue weighted by molar-refractivity contribution is 6.02. The minimum atomic E-state index is -0.400. The number of aromatic hydroxyl groups is 1. The van der Waals surface area contributed by atoms with E-state index in [1.165, 1.54) is 19.8 Å². The van der Waals surface area contributed by atoms with Crippen LogP contribution in [0.1, 0.15) is 54.7 Å². The highest BCUT2D eigenvalue weighted by Gasteiger charge is 2.38. The lowest BCUT2D eigenvalue weighted by Crippen LogP contribution is -2.38. The van der Waals surface area contributed by atoms with Crippen molar-refractivity contribution in [3.63, 3.8) is 0 Å². The maximum atomic E-state index is 13.3. The van der Waals surface area contributed by atoms with Gasteiger partial charge >= 0.3 is 0 Å². The van der Waals surface area contributed by atoms with E-state index in [2.05, 4.69) is 36.5 Å². The number of aryl methyl sites for hydroxylation is 1. The molecule has 0 saturated carbocycles. The Morgan fingerprint density at radius 3 is 2.19 bits per heavy atom. The van der Waals surface area contributed by atoms with Crippen molar-refractivity contribution in [3.05, 3.63) is 64.4 Å². The first-order chi connectivity index (χ1) is 14.9. The quantitative estimate of drug-likeness (QED) is 0.763. The van der Waals surface area contributed by atoms with Crippen molar-refractivity contribution in [1.29, 1.82) is 0 Å². The largest absolute Gasteiger partial charge is 0.502 e. The predicted molar refractivity (Wildman–Crippen MR) is 117 cm³/mol. The van der Waals surface area contributed by atoms with Crippen molar-refractivity contribution in [2.75, 3.05) is 14.2 Å². The van der Waals surface area contributed by atoms with Crippen LogP contribution in [0.4, 0.5) is 0 Å². The summed E-state index contributed by atoms with van der Waals surface area (Å²) in [6.07, 6.45) is 2.15. The number of hydrogen-bond acceptors (Lipinski definition) is 5. The minimum absolute atomic E-state index is 0.0418. The second kappa shape index (κ2) is 8.46. The van der Waals surface area contributed by atoms with Crippen molar-refractivity contribution >= 4 is 11.7 Å². The Morgan fingerprint density at radius 1 is 0.968 bits per heavy atom. The van der Waals surface area contributed by atoms with Crippen LogP contribution in [0.5, 0.6) is 17.2 Å². The number of hydrogen-bond donors (Lipinski definition) is 2. The molecule has 6 nitrogen and oxygen atoms in total. The van der Waals surface area contributed by atoms with Gasteiger partial charge in [0.15, 0.2) is 17.3 Å². The predicted octanol–water partition coefficient (Wildman–Crippen LogP) is 3.98. The molecule has 1 heterocycles. The molecule has 0 spiro atoms. The summed E-state index contributed by atoms with van der Waals surface area (Å²) in [6, 6.07) is 11.7. The SMILES string of the molecule is CCc1ccc(C2CC(=O)C3=C(C2)NC(=O)CC3c2cc(OC)c(O)c(OC)c2)cc1. The van der Waals surface area contributed by atoms with Gasteiger partial charge in [0.25, 0.3) is 0 Å². The van der Waals surface area contributed by atoms with E-state index in [4.69, 9.17) is 9.47 Å². The third kappa shape index (κ3) is 3.90. The molecule has 0 bridgehead atoms. The lowest BCUT2D eigenvalue weighted by atomic mass is 9.73. The molecule has 162 valence electrons. The van der Waals surface area contributed by atoms with Gasteiger partial charge in [0.2, 0.25) is 11.7 Å². The summed E-state index contributed by atoms with van der Waals surface area (Å²) in [5.41, 5.74) is 4.44. The maximum absolute atomic E-state index is 13.3. The Kier molecular flexibility index (Phi) is 5.72. The van der Waals surface area contributed by atoms with Gasteiger partial charge in [-0.3, -0.25) is 9.59 Å². The van der Waals surface area contributed by atoms with E-state index < -0.39 is 5.92 Å². The molecule has 2 atom stereocenters. The van der Waals surface area contributed by atoms with E-state index in [1.54, 1.807) is 12.1 Å². The average molecular weight is 421 g/mol. The van der Waals surface area contributed by atoms with Gasteiger partial charge in [-0.2, -0.15) is 0 Å². The number of carbonyl (C=O) groups is 2. The standard InChI is InChI=1S/C25H27NO5/c1-4-14-5-7-15(8-6-14)16-9-19-24(20(27)10-16)18(13-23(28)26-19)17-11-21(30-2)25(29)22(12-17)31-3/h5-8,11-12,16,18,29H,4,9-10,13H2,1-3H3,(H,26,28). The molecular weight excluding hydrogens is 394 g/mol. The maximum Gasteiger partial charge on any atom is 0.225 e. The average Bonchev–Trinajstić information content (AvgIpc) is 2.78. The summed E-state index contributed by atoms with van der Waals surface area (Å²) in [5, 5.41) is 13.2. The third-order valence-corrected chi connectivity index (χ3v) is 6.30. The van der Waals surface area contributed by atoms with Gasteiger partial charge < -0.3 is 19.9 Å². The molecule has 0 aromatic heterocycles. The van der Waals surface area contributed by atoms with Crippen LogP contribution in [0, 0.1) is 0 Å². The number of methoxy groups -OCH3 is 2. The topological polar surface area (TPSA) is 84.9 Å². The number of phenols is 1. The highest BCUT2D eigenvalue weighted by Crippen LogP contribution is 2.46. The number of Topliss-reactive ketones (excluding diaryl/α,β-unsaturated/α-hetero) is 1. The summed E-state index contributed by atoms with van der Waals surface area (Å²) in [7, 11) is 2.91. The summed E-state index contributed by atoms with van der Waals surface area (Å²) in [6.45, 7) is 2.11. The molecule has 2 aromatic carbocycles. The molecule has 1 aliphatic heterocycles. The number of benzene rings is 2. The number of ketones is 1. The van der Waals surface area contributed by atoms with Gasteiger partial charge in [-0.25, -0.2) is 0 Å². The van der Waals surface area contributed by atoms with Crippen molar-refractivity contribution in [3.8, 4) is 17.2 Å². The summed E-state index contributed by atoms with van der Waals surface area (Å²) >= 11 is 0. The first kappa shape index (κ1) is 21.0. The summed E-state index contributed by atoms with van der Waals surface area (Å²) < 4.78 is 10.5. The number of carbonyl (C=O) groups excluding carboxylic acids is 2. The zero-order valence-electron chi connectivity index (χ0n) is 18.0. The molecule has 2 aromatic rings. The molecule has 4 rings (SSSR count). The van der Waals surface area contributed by atoms with E-state index in [9.17, 15) is 14.7 Å². The van der Waals surface area contributed by atoms with Gasteiger partial charge in [0, 0.05) is 30.0 Å². The molecule has 31 heavy (non-hydrogen) atoms. The molecule has 0 saturated heterocycles. The van der Waals surface area contributed by atoms with Crippen LogP contribution in [0.2, 0.25) is 0 Å². The molecule has 6 heteroatoms. The van der Waals surface area contributed by atoms with Crippen LogP contribution >= 0.6 is 0 Å². The van der Waals surface area contributed by atoms with Gasteiger partial charge in [-0.15, -0.1) is 0 Å². The fraction of sp³-hybridized carbons (Fsp3) is 0.360. The molecule has 2 N–H and O–H groups in total. The van der Waals surface area contributed by atoms with Gasteiger partial charge in [0.1, 0.15) is 0 Å². The molecule has 1 aliphatic carbocycles. The lowest BCUT2D eigenvalue weighted by Gasteiger charge is -2.34. The molecule has 0 fully saturated rings. The smallest absolute Gasteiger partial charge is 0.225 e. The fourth-order valence-electron chi connectivity index (χ4n) is 4.62. The normalized spacial score (nSPS) is 20.9. The fourth-order valence-corrected chi connectivity index (χ4v) is 4.62. The van der Waals surface area contributed by atoms with Crippen molar-refractivity contribution in [1.82, 2.24) is 5.32 Å². The zero-order valence-corrected chi connectivity index (χ0v) is 18.0. The van der Waals surface area contributed by atoms with E-state index in [1.807, 2.05) is 0 Å². The number of rotatable bonds is 5.